The quantitative estimate of drug-likeness (QED) is 0.405. The van der Waals surface area contributed by atoms with Gasteiger partial charge in [-0.25, -0.2) is 14.8 Å². The van der Waals surface area contributed by atoms with E-state index in [2.05, 4.69) is 25.6 Å². The molecule has 33 heavy (non-hydrogen) atoms. The van der Waals surface area contributed by atoms with E-state index >= 15 is 0 Å². The Morgan fingerprint density at radius 3 is 2.52 bits per heavy atom. The number of hydrogen-bond donors (Lipinski definition) is 2. The van der Waals surface area contributed by atoms with Crippen molar-refractivity contribution < 1.29 is 14.7 Å². The molecule has 1 aliphatic rings. The molecule has 0 unspecified atom stereocenters. The largest absolute Gasteiger partial charge is 0.478 e. The maximum atomic E-state index is 13.2. The number of thiazole rings is 2. The number of hydrogen-bond acceptors (Lipinski definition) is 9. The van der Waals surface area contributed by atoms with Crippen molar-refractivity contribution in [3.05, 3.63) is 82.7 Å². The normalized spacial score (nSPS) is 14.5. The van der Waals surface area contributed by atoms with Gasteiger partial charge in [0.15, 0.2) is 5.71 Å². The summed E-state index contributed by atoms with van der Waals surface area (Å²) >= 11 is 2.62. The number of nitrogens with one attached hydrogen (secondary N) is 1. The lowest BCUT2D eigenvalue weighted by molar-refractivity contribution is -0.112. The first kappa shape index (κ1) is 20.7. The molecule has 0 saturated heterocycles. The highest BCUT2D eigenvalue weighted by atomic mass is 32.1. The van der Waals surface area contributed by atoms with Crippen molar-refractivity contribution in [1.29, 1.82) is 0 Å². The predicted octanol–water partition coefficient (Wildman–Crippen LogP) is 4.18. The Morgan fingerprint density at radius 2 is 1.82 bits per heavy atom. The number of aromatic carboxylic acids is 1. The fraction of sp³-hybridized carbons (Fsp3) is 0. The lowest BCUT2D eigenvalue weighted by Gasteiger charge is -2.06. The minimum atomic E-state index is -0.996. The molecule has 0 spiro atoms. The number of carbonyl (C=O) groups excluding carboxylic acids is 1. The zero-order valence-corrected chi connectivity index (χ0v) is 18.4. The zero-order chi connectivity index (χ0) is 22.8. The molecule has 5 rings (SSSR count). The highest BCUT2D eigenvalue weighted by molar-refractivity contribution is 7.14. The third-order valence-corrected chi connectivity index (χ3v) is 6.16. The summed E-state index contributed by atoms with van der Waals surface area (Å²) in [5, 5.41) is 23.6. The molecule has 4 aromatic rings. The second-order valence-corrected chi connectivity index (χ2v) is 8.47. The van der Waals surface area contributed by atoms with E-state index in [1.54, 1.807) is 29.1 Å². The van der Waals surface area contributed by atoms with E-state index < -0.39 is 11.9 Å². The van der Waals surface area contributed by atoms with Gasteiger partial charge in [0.1, 0.15) is 5.71 Å². The van der Waals surface area contributed by atoms with E-state index in [1.807, 2.05) is 30.3 Å². The van der Waals surface area contributed by atoms with Crippen molar-refractivity contribution in [1.82, 2.24) is 9.97 Å². The molecule has 2 aromatic carbocycles. The van der Waals surface area contributed by atoms with Crippen molar-refractivity contribution >= 4 is 56.2 Å². The summed E-state index contributed by atoms with van der Waals surface area (Å²) in [5.41, 5.74) is 5.68. The average molecular weight is 475 g/mol. The molecular formula is C22H14N6O3S2. The molecule has 2 N–H and O–H groups in total. The van der Waals surface area contributed by atoms with Crippen LogP contribution in [-0.2, 0) is 4.79 Å². The lowest BCUT2D eigenvalue weighted by Crippen LogP contribution is -2.28. The van der Waals surface area contributed by atoms with Gasteiger partial charge in [-0.2, -0.15) is 15.2 Å². The summed E-state index contributed by atoms with van der Waals surface area (Å²) in [7, 11) is 0. The van der Waals surface area contributed by atoms with E-state index in [1.165, 1.54) is 39.8 Å². The van der Waals surface area contributed by atoms with Crippen LogP contribution in [-0.4, -0.2) is 38.4 Å². The van der Waals surface area contributed by atoms with Crippen LogP contribution >= 0.6 is 22.7 Å². The Bertz CT molecular complexity index is 1380. The second-order valence-electron chi connectivity index (χ2n) is 6.74. The van der Waals surface area contributed by atoms with E-state index in [9.17, 15) is 9.59 Å². The van der Waals surface area contributed by atoms with Crippen molar-refractivity contribution in [2.45, 2.75) is 0 Å². The number of carbonyl (C=O) groups is 2. The number of nitrogens with zero attached hydrogens (tertiary/aromatic N) is 5. The Hall–Kier alpha value is -4.22. The molecule has 0 atom stereocenters. The van der Waals surface area contributed by atoms with E-state index in [4.69, 9.17) is 5.11 Å². The van der Waals surface area contributed by atoms with Gasteiger partial charge in [-0.3, -0.25) is 10.2 Å². The highest BCUT2D eigenvalue weighted by Gasteiger charge is 2.35. The first-order valence-corrected chi connectivity index (χ1v) is 11.4. The Kier molecular flexibility index (Phi) is 5.47. The highest BCUT2D eigenvalue weighted by Crippen LogP contribution is 2.30. The van der Waals surface area contributed by atoms with E-state index in [0.29, 0.717) is 21.7 Å². The Balaban J connectivity index is 1.48. The molecule has 1 aliphatic heterocycles. The van der Waals surface area contributed by atoms with Crippen LogP contribution in [0.1, 0.15) is 15.9 Å². The van der Waals surface area contributed by atoms with Crippen molar-refractivity contribution in [2.75, 3.05) is 10.4 Å². The summed E-state index contributed by atoms with van der Waals surface area (Å²) in [6, 6.07) is 15.7. The van der Waals surface area contributed by atoms with Crippen molar-refractivity contribution in [3.8, 4) is 11.3 Å². The van der Waals surface area contributed by atoms with Gasteiger partial charge in [-0.1, -0.05) is 42.5 Å². The fourth-order valence-corrected chi connectivity index (χ4v) is 4.33. The van der Waals surface area contributed by atoms with Crippen LogP contribution in [0.15, 0.2) is 81.8 Å². The molecule has 0 aliphatic carbocycles. The SMILES string of the molecule is O=C(O)c1ccc(-c2csc(N3N=C(c4ccccc4)/C(=N/Nc4nccs4)C3=O)n2)cc1. The fourth-order valence-electron chi connectivity index (χ4n) is 3.08. The second kappa shape index (κ2) is 8.73. The molecule has 0 radical (unpaired) electrons. The maximum absolute atomic E-state index is 13.2. The average Bonchev–Trinajstić information content (AvgIpc) is 3.59. The molecule has 11 heteroatoms. The van der Waals surface area contributed by atoms with Crippen LogP contribution in [0.3, 0.4) is 0 Å². The molecule has 0 fully saturated rings. The van der Waals surface area contributed by atoms with Crippen molar-refractivity contribution in [2.24, 2.45) is 10.2 Å². The third-order valence-electron chi connectivity index (χ3n) is 4.66. The van der Waals surface area contributed by atoms with Crippen LogP contribution in [0.2, 0.25) is 0 Å². The number of benzene rings is 2. The summed E-state index contributed by atoms with van der Waals surface area (Å²) in [5.74, 6) is -1.41. The predicted molar refractivity (Wildman–Crippen MR) is 128 cm³/mol. The topological polar surface area (TPSA) is 120 Å². The molecule has 0 bridgehead atoms. The Morgan fingerprint density at radius 1 is 1.03 bits per heavy atom. The number of aromatic nitrogens is 2. The van der Waals surface area contributed by atoms with Crippen LogP contribution in [0.25, 0.3) is 11.3 Å². The third kappa shape index (κ3) is 4.14. The monoisotopic (exact) mass is 474 g/mol. The summed E-state index contributed by atoms with van der Waals surface area (Å²) in [6.07, 6.45) is 1.64. The van der Waals surface area contributed by atoms with E-state index in [0.717, 1.165) is 11.1 Å². The van der Waals surface area contributed by atoms with Gasteiger partial charge in [0, 0.05) is 28.1 Å². The standard InChI is InChI=1S/C22H14N6O3S2/c29-19-18(25-26-21-23-10-11-32-21)17(14-4-2-1-3-5-14)27-28(19)22-24-16(12-33-22)13-6-8-15(9-7-13)20(30)31/h1-12H,(H,23,26)(H,30,31)/b25-18-. The molecule has 9 nitrogen and oxygen atoms in total. The number of rotatable bonds is 6. The van der Waals surface area contributed by atoms with Gasteiger partial charge in [-0.15, -0.1) is 22.7 Å². The maximum Gasteiger partial charge on any atom is 0.335 e. The minimum Gasteiger partial charge on any atom is -0.478 e. The minimum absolute atomic E-state index is 0.152. The van der Waals surface area contributed by atoms with Gasteiger partial charge < -0.3 is 5.11 Å². The van der Waals surface area contributed by atoms with Crippen LogP contribution in [0, 0.1) is 0 Å². The van der Waals surface area contributed by atoms with Gasteiger partial charge in [0.05, 0.1) is 11.3 Å². The van der Waals surface area contributed by atoms with Crippen LogP contribution in [0.5, 0.6) is 0 Å². The van der Waals surface area contributed by atoms with Gasteiger partial charge >= 0.3 is 11.9 Å². The number of carboxylic acid groups (broad SMARTS) is 1. The number of amides is 1. The zero-order valence-electron chi connectivity index (χ0n) is 16.7. The molecular weight excluding hydrogens is 460 g/mol. The van der Waals surface area contributed by atoms with Gasteiger partial charge in [0.25, 0.3) is 0 Å². The number of hydrazone groups is 2. The van der Waals surface area contributed by atoms with Crippen LogP contribution < -0.4 is 10.4 Å². The number of carboxylic acids is 1. The summed E-state index contributed by atoms with van der Waals surface area (Å²) < 4.78 is 0. The van der Waals surface area contributed by atoms with Crippen molar-refractivity contribution in [3.63, 3.8) is 0 Å². The first-order chi connectivity index (χ1) is 16.1. The smallest absolute Gasteiger partial charge is 0.335 e. The lowest BCUT2D eigenvalue weighted by atomic mass is 10.1. The van der Waals surface area contributed by atoms with Crippen LogP contribution in [0.4, 0.5) is 10.3 Å². The molecule has 1 amide bonds. The molecule has 162 valence electrons. The molecule has 2 aromatic heterocycles. The first-order valence-electron chi connectivity index (χ1n) is 9.61. The molecule has 0 saturated carbocycles. The van der Waals surface area contributed by atoms with Gasteiger partial charge in [0.2, 0.25) is 10.3 Å². The number of anilines is 2. The van der Waals surface area contributed by atoms with Gasteiger partial charge in [-0.05, 0) is 12.1 Å². The Labute approximate surface area is 195 Å². The van der Waals surface area contributed by atoms with E-state index in [-0.39, 0.29) is 11.3 Å². The summed E-state index contributed by atoms with van der Waals surface area (Å²) in [6.45, 7) is 0. The summed E-state index contributed by atoms with van der Waals surface area (Å²) in [4.78, 5) is 33.0. The molecule has 3 heterocycles.